The maximum absolute atomic E-state index is 10.9. The van der Waals surface area contributed by atoms with Crippen molar-refractivity contribution < 1.29 is 29.3 Å². The first kappa shape index (κ1) is 23.1. The van der Waals surface area contributed by atoms with Crippen LogP contribution in [0, 0.1) is 0 Å². The van der Waals surface area contributed by atoms with Crippen LogP contribution in [-0.2, 0) is 12.8 Å². The first-order chi connectivity index (χ1) is 14.7. The fraction of sp³-hybridized carbons (Fsp3) is 0.417. The summed E-state index contributed by atoms with van der Waals surface area (Å²) >= 11 is 3.38. The van der Waals surface area contributed by atoms with Gasteiger partial charge in [0, 0.05) is 0 Å². The van der Waals surface area contributed by atoms with Crippen LogP contribution in [0.15, 0.2) is 34.8 Å². The molecule has 7 heteroatoms. The minimum atomic E-state index is -0.902. The summed E-state index contributed by atoms with van der Waals surface area (Å²) in [6.45, 7) is 4.08. The van der Waals surface area contributed by atoms with E-state index < -0.39 is 11.9 Å². The molecule has 6 nitrogen and oxygen atoms in total. The predicted octanol–water partition coefficient (Wildman–Crippen LogP) is 5.74. The van der Waals surface area contributed by atoms with Gasteiger partial charge in [0.1, 0.15) is 11.5 Å². The van der Waals surface area contributed by atoms with Crippen molar-refractivity contribution in [3.8, 4) is 11.5 Å². The van der Waals surface area contributed by atoms with Gasteiger partial charge in [0.25, 0.3) is 0 Å². The van der Waals surface area contributed by atoms with Gasteiger partial charge in [-0.3, -0.25) is 0 Å². The first-order valence-electron chi connectivity index (χ1n) is 10.5. The third-order valence-electron chi connectivity index (χ3n) is 5.44. The highest BCUT2D eigenvalue weighted by Gasteiger charge is 2.19. The Morgan fingerprint density at radius 3 is 2.10 bits per heavy atom. The number of fused-ring (bicyclic) bond motifs is 2. The van der Waals surface area contributed by atoms with Crippen molar-refractivity contribution in [2.24, 2.45) is 0 Å². The molecule has 2 aliphatic heterocycles. The summed E-state index contributed by atoms with van der Waals surface area (Å²) in [5.41, 5.74) is 2.64. The van der Waals surface area contributed by atoms with E-state index in [0.29, 0.717) is 11.1 Å². The molecule has 2 unspecified atom stereocenters. The minimum absolute atomic E-state index is 0.188. The van der Waals surface area contributed by atoms with Gasteiger partial charge < -0.3 is 19.7 Å². The Kier molecular flexibility index (Phi) is 7.59. The van der Waals surface area contributed by atoms with Crippen LogP contribution in [0.4, 0.5) is 0 Å². The van der Waals surface area contributed by atoms with Crippen LogP contribution < -0.4 is 9.47 Å². The standard InChI is InChI=1S/C12H13BrO3.C12H14O3/c1-7-3-2-4-8-5-9(12(14)15)6-10(13)11(8)16-7;1-8-3-2-4-9-7-10(12(13)14)5-6-11(9)15-8/h5-7H,2-4H2,1H3,(H,14,15);5-8H,2-4H2,1H3,(H,13,14). The number of halogens is 1. The SMILES string of the molecule is CC1CCCc2cc(C(=O)O)cc(Br)c2O1.CC1CCCc2cc(C(=O)O)ccc2O1. The van der Waals surface area contributed by atoms with Crippen molar-refractivity contribution in [3.05, 3.63) is 57.1 Å². The number of carbonyl (C=O) groups is 2. The van der Waals surface area contributed by atoms with Crippen molar-refractivity contribution in [2.45, 2.75) is 64.6 Å². The average molecular weight is 491 g/mol. The maximum Gasteiger partial charge on any atom is 0.335 e. The topological polar surface area (TPSA) is 93.1 Å². The van der Waals surface area contributed by atoms with Gasteiger partial charge in [0.15, 0.2) is 0 Å². The molecule has 2 heterocycles. The smallest absolute Gasteiger partial charge is 0.335 e. The minimum Gasteiger partial charge on any atom is -0.490 e. The molecule has 2 aliphatic rings. The van der Waals surface area contributed by atoms with Crippen molar-refractivity contribution in [3.63, 3.8) is 0 Å². The van der Waals surface area contributed by atoms with Crippen LogP contribution in [0.1, 0.15) is 71.4 Å². The monoisotopic (exact) mass is 490 g/mol. The molecule has 0 saturated heterocycles. The van der Waals surface area contributed by atoms with Gasteiger partial charge in [0.2, 0.25) is 0 Å². The number of hydrogen-bond acceptors (Lipinski definition) is 4. The molecule has 2 N–H and O–H groups in total. The van der Waals surface area contributed by atoms with Crippen LogP contribution in [-0.4, -0.2) is 34.4 Å². The molecule has 0 spiro atoms. The van der Waals surface area contributed by atoms with Crippen molar-refractivity contribution >= 4 is 27.9 Å². The molecular formula is C24H27BrO6. The lowest BCUT2D eigenvalue weighted by Gasteiger charge is -2.14. The normalized spacial score (nSPS) is 19.7. The van der Waals surface area contributed by atoms with E-state index in [4.69, 9.17) is 19.7 Å². The number of aromatic carboxylic acids is 2. The largest absolute Gasteiger partial charge is 0.490 e. The molecule has 0 fully saturated rings. The molecule has 2 atom stereocenters. The second kappa shape index (κ2) is 10.2. The summed E-state index contributed by atoms with van der Waals surface area (Å²) in [4.78, 5) is 21.7. The van der Waals surface area contributed by atoms with Gasteiger partial charge in [-0.15, -0.1) is 0 Å². The Morgan fingerprint density at radius 2 is 1.45 bits per heavy atom. The molecule has 31 heavy (non-hydrogen) atoms. The van der Waals surface area contributed by atoms with E-state index in [-0.39, 0.29) is 12.2 Å². The molecule has 166 valence electrons. The van der Waals surface area contributed by atoms with Gasteiger partial charge in [-0.05, 0) is 110 Å². The summed E-state index contributed by atoms with van der Waals surface area (Å²) in [6.07, 6.45) is 6.30. The number of benzene rings is 2. The van der Waals surface area contributed by atoms with Crippen molar-refractivity contribution in [1.82, 2.24) is 0 Å². The molecule has 2 aromatic carbocycles. The van der Waals surface area contributed by atoms with Crippen molar-refractivity contribution in [1.29, 1.82) is 0 Å². The van der Waals surface area contributed by atoms with Crippen LogP contribution in [0.25, 0.3) is 0 Å². The highest BCUT2D eigenvalue weighted by Crippen LogP contribution is 2.35. The molecular weight excluding hydrogens is 464 g/mol. The zero-order valence-electron chi connectivity index (χ0n) is 17.7. The lowest BCUT2D eigenvalue weighted by Crippen LogP contribution is -2.10. The summed E-state index contributed by atoms with van der Waals surface area (Å²) < 4.78 is 12.2. The number of carboxylic acids is 2. The Bertz CT molecular complexity index is 971. The predicted molar refractivity (Wildman–Crippen MR) is 121 cm³/mol. The molecule has 4 rings (SSSR count). The Hall–Kier alpha value is -2.54. The zero-order chi connectivity index (χ0) is 22.5. The molecule has 2 aromatic rings. The van der Waals surface area contributed by atoms with E-state index >= 15 is 0 Å². The first-order valence-corrected chi connectivity index (χ1v) is 11.3. The third-order valence-corrected chi connectivity index (χ3v) is 6.02. The van der Waals surface area contributed by atoms with Crippen LogP contribution >= 0.6 is 15.9 Å². The van der Waals surface area contributed by atoms with E-state index in [2.05, 4.69) is 15.9 Å². The van der Waals surface area contributed by atoms with Gasteiger partial charge in [-0.25, -0.2) is 9.59 Å². The van der Waals surface area contributed by atoms with Crippen LogP contribution in [0.5, 0.6) is 11.5 Å². The highest BCUT2D eigenvalue weighted by atomic mass is 79.9. The third kappa shape index (κ3) is 6.00. The number of ether oxygens (including phenoxy) is 2. The summed E-state index contributed by atoms with van der Waals surface area (Å²) in [5, 5.41) is 17.8. The van der Waals surface area contributed by atoms with Crippen LogP contribution in [0.2, 0.25) is 0 Å². The summed E-state index contributed by atoms with van der Waals surface area (Å²) in [6, 6.07) is 8.38. The maximum atomic E-state index is 10.9. The van der Waals surface area contributed by atoms with Crippen molar-refractivity contribution in [2.75, 3.05) is 0 Å². The number of aryl methyl sites for hydroxylation is 2. The molecule has 0 bridgehead atoms. The lowest BCUT2D eigenvalue weighted by molar-refractivity contribution is 0.0686. The molecule has 0 radical (unpaired) electrons. The van der Waals surface area contributed by atoms with Gasteiger partial charge in [-0.1, -0.05) is 0 Å². The van der Waals surface area contributed by atoms with Gasteiger partial charge >= 0.3 is 11.9 Å². The van der Waals surface area contributed by atoms with E-state index in [1.54, 1.807) is 30.3 Å². The van der Waals surface area contributed by atoms with Gasteiger partial charge in [0.05, 0.1) is 27.8 Å². The van der Waals surface area contributed by atoms with Crippen LogP contribution in [0.3, 0.4) is 0 Å². The summed E-state index contributed by atoms with van der Waals surface area (Å²) in [7, 11) is 0. The second-order valence-corrected chi connectivity index (χ2v) is 8.87. The fourth-order valence-corrected chi connectivity index (χ4v) is 4.40. The Labute approximate surface area is 190 Å². The zero-order valence-corrected chi connectivity index (χ0v) is 19.3. The van der Waals surface area contributed by atoms with E-state index in [1.165, 1.54) is 0 Å². The van der Waals surface area contributed by atoms with E-state index in [0.717, 1.165) is 65.6 Å². The number of rotatable bonds is 2. The molecule has 0 aromatic heterocycles. The number of hydrogen-bond donors (Lipinski definition) is 2. The highest BCUT2D eigenvalue weighted by molar-refractivity contribution is 9.10. The quantitative estimate of drug-likeness (QED) is 0.557. The average Bonchev–Trinajstić information content (AvgIpc) is 3.02. The Morgan fingerprint density at radius 1 is 0.871 bits per heavy atom. The number of carboxylic acid groups (broad SMARTS) is 2. The van der Waals surface area contributed by atoms with E-state index in [9.17, 15) is 9.59 Å². The molecule has 0 saturated carbocycles. The lowest BCUT2D eigenvalue weighted by atomic mass is 10.0. The molecule has 0 amide bonds. The Balaban J connectivity index is 0.000000176. The van der Waals surface area contributed by atoms with E-state index in [1.807, 2.05) is 13.8 Å². The fourth-order valence-electron chi connectivity index (χ4n) is 3.81. The second-order valence-electron chi connectivity index (χ2n) is 8.02. The van der Waals surface area contributed by atoms with Gasteiger partial charge in [-0.2, -0.15) is 0 Å². The summed E-state index contributed by atoms with van der Waals surface area (Å²) in [5.74, 6) is -0.143. The molecule has 0 aliphatic carbocycles.